The van der Waals surface area contributed by atoms with E-state index in [-0.39, 0.29) is 11.5 Å². The fraction of sp³-hybridized carbons (Fsp3) is 0.344. The van der Waals surface area contributed by atoms with E-state index in [9.17, 15) is 10.0 Å². The number of unbranched alkanes of at least 4 members (excludes halogenated alkanes) is 1. The van der Waals surface area contributed by atoms with Crippen molar-refractivity contribution in [1.82, 2.24) is 14.1 Å². The van der Waals surface area contributed by atoms with Gasteiger partial charge in [-0.15, -0.1) is 0 Å². The first-order valence-corrected chi connectivity index (χ1v) is 15.1. The Morgan fingerprint density at radius 2 is 1.93 bits per heavy atom. The maximum absolute atomic E-state index is 13.4. The summed E-state index contributed by atoms with van der Waals surface area (Å²) < 4.78 is 22.2. The minimum absolute atomic E-state index is 0.193. The van der Waals surface area contributed by atoms with Gasteiger partial charge in [0.05, 0.1) is 54.1 Å². The summed E-state index contributed by atoms with van der Waals surface area (Å²) in [6.45, 7) is 3.40. The summed E-state index contributed by atoms with van der Waals surface area (Å²) in [7, 11) is 1.59. The zero-order valence-electron chi connectivity index (χ0n) is 24.0. The molecule has 4 aromatic rings. The molecule has 3 heterocycles. The predicted molar refractivity (Wildman–Crippen MR) is 168 cm³/mol. The second kappa shape index (κ2) is 12.3. The molecule has 0 radical (unpaired) electrons. The molecule has 6 rings (SSSR count). The van der Waals surface area contributed by atoms with Crippen molar-refractivity contribution in [3.63, 3.8) is 0 Å². The molecule has 43 heavy (non-hydrogen) atoms. The van der Waals surface area contributed by atoms with E-state index in [2.05, 4.69) is 15.6 Å². The van der Waals surface area contributed by atoms with Gasteiger partial charge in [0, 0.05) is 11.6 Å². The molecule has 224 valence electrons. The van der Waals surface area contributed by atoms with E-state index in [1.165, 1.54) is 4.57 Å². The van der Waals surface area contributed by atoms with Crippen LogP contribution in [0, 0.1) is 18.0 Å². The van der Waals surface area contributed by atoms with E-state index in [4.69, 9.17) is 37.4 Å². The van der Waals surface area contributed by atoms with Crippen LogP contribution in [0.3, 0.4) is 0 Å². The van der Waals surface area contributed by atoms with Crippen LogP contribution in [0.5, 0.6) is 17.2 Å². The highest BCUT2D eigenvalue weighted by atomic mass is 35.5. The zero-order valence-corrected chi connectivity index (χ0v) is 25.5. The van der Waals surface area contributed by atoms with Crippen molar-refractivity contribution in [1.29, 1.82) is 0 Å². The van der Waals surface area contributed by atoms with Crippen molar-refractivity contribution < 1.29 is 18.9 Å². The fourth-order valence-electron chi connectivity index (χ4n) is 5.81. The molecule has 0 spiro atoms. The normalized spacial score (nSPS) is 16.1. The van der Waals surface area contributed by atoms with Crippen LogP contribution in [0.25, 0.3) is 16.6 Å². The average molecular weight is 624 g/mol. The smallest absolute Gasteiger partial charge is 0.266 e. The number of benzene rings is 2. The molecule has 0 unspecified atom stereocenters. The number of allylic oxidation sites excluding steroid dienone is 2. The maximum Gasteiger partial charge on any atom is 0.266 e. The van der Waals surface area contributed by atoms with Crippen LogP contribution in [0.2, 0.25) is 10.0 Å². The molecule has 2 aromatic heterocycles. The first-order chi connectivity index (χ1) is 20.8. The van der Waals surface area contributed by atoms with Crippen molar-refractivity contribution >= 4 is 40.3 Å². The standard InChI is InChI=1S/C32H32Cl2N4O5/c1-20-35-26-11-10-23(16-24(26)32(39)38(20)28-12-9-22(33)15-25(28)34)42-13-5-6-14-43-30-19-36-17-21-7-3-4-8-27(21)37(40)18-29(36)31(30)41-2/h8-12,15-16,18-19,21H,3-7,13-14,17H2,1-2H3/t21-/m0/s1. The zero-order chi connectivity index (χ0) is 30.1. The number of rotatable bonds is 9. The van der Waals surface area contributed by atoms with E-state index in [1.54, 1.807) is 50.6 Å². The summed E-state index contributed by atoms with van der Waals surface area (Å²) in [4.78, 5) is 18.0. The van der Waals surface area contributed by atoms with Gasteiger partial charge in [0.15, 0.2) is 22.9 Å². The molecule has 0 amide bonds. The van der Waals surface area contributed by atoms with Gasteiger partial charge in [-0.2, -0.15) is 4.74 Å². The van der Waals surface area contributed by atoms with Gasteiger partial charge < -0.3 is 24.0 Å². The quantitative estimate of drug-likeness (QED) is 0.117. The number of fused-ring (bicyclic) bond motifs is 3. The third kappa shape index (κ3) is 5.84. The molecule has 0 fully saturated rings. The molecule has 1 aliphatic carbocycles. The number of methoxy groups -OCH3 is 1. The summed E-state index contributed by atoms with van der Waals surface area (Å²) in [5, 5.41) is 14.1. The minimum Gasteiger partial charge on any atom is -0.618 e. The fourth-order valence-corrected chi connectivity index (χ4v) is 6.31. The van der Waals surface area contributed by atoms with Crippen molar-refractivity contribution in [3.8, 4) is 22.9 Å². The van der Waals surface area contributed by atoms with Gasteiger partial charge >= 0.3 is 0 Å². The van der Waals surface area contributed by atoms with E-state index >= 15 is 0 Å². The predicted octanol–water partition coefficient (Wildman–Crippen LogP) is 6.68. The molecule has 0 N–H and O–H groups in total. The van der Waals surface area contributed by atoms with Crippen molar-refractivity contribution in [2.45, 2.75) is 45.6 Å². The van der Waals surface area contributed by atoms with E-state index in [0.29, 0.717) is 62.9 Å². The first-order valence-electron chi connectivity index (χ1n) is 14.4. The monoisotopic (exact) mass is 622 g/mol. The SMILES string of the molecule is COc1c(OCCCCOc2ccc3nc(C)n(-c4ccc(Cl)cc4Cl)c(=O)c3c2)cn2c1C=[N+]([O-])C1=CCCC[C@H]1C2. The molecule has 0 bridgehead atoms. The Morgan fingerprint density at radius 1 is 1.12 bits per heavy atom. The van der Waals surface area contributed by atoms with Crippen LogP contribution >= 0.6 is 23.2 Å². The van der Waals surface area contributed by atoms with Gasteiger partial charge in [0.1, 0.15) is 11.6 Å². The molecule has 2 aliphatic rings. The van der Waals surface area contributed by atoms with Gasteiger partial charge in [0.25, 0.3) is 5.56 Å². The summed E-state index contributed by atoms with van der Waals surface area (Å²) in [5.74, 6) is 2.49. The number of hydrogen-bond donors (Lipinski definition) is 0. The number of hydroxylamine groups is 1. The Balaban J connectivity index is 1.08. The van der Waals surface area contributed by atoms with E-state index in [0.717, 1.165) is 54.8 Å². The summed E-state index contributed by atoms with van der Waals surface area (Å²) in [6.07, 6.45) is 10.1. The number of ether oxygens (including phenoxy) is 3. The molecular formula is C32H32Cl2N4O5. The molecule has 1 aliphatic heterocycles. The lowest BCUT2D eigenvalue weighted by molar-refractivity contribution is -0.406. The molecule has 11 heteroatoms. The van der Waals surface area contributed by atoms with Crippen molar-refractivity contribution in [2.24, 2.45) is 5.92 Å². The lowest BCUT2D eigenvalue weighted by Crippen LogP contribution is -2.22. The molecule has 9 nitrogen and oxygen atoms in total. The molecule has 2 aromatic carbocycles. The largest absolute Gasteiger partial charge is 0.618 e. The minimum atomic E-state index is -0.237. The Morgan fingerprint density at radius 3 is 2.72 bits per heavy atom. The Hall–Kier alpha value is -3.95. The van der Waals surface area contributed by atoms with Crippen LogP contribution < -0.4 is 19.8 Å². The van der Waals surface area contributed by atoms with E-state index in [1.807, 2.05) is 12.3 Å². The highest BCUT2D eigenvalue weighted by Gasteiger charge is 2.31. The number of nitrogens with zero attached hydrogens (tertiary/aromatic N) is 4. The van der Waals surface area contributed by atoms with Gasteiger partial charge in [-0.3, -0.25) is 9.36 Å². The molecular weight excluding hydrogens is 591 g/mol. The van der Waals surface area contributed by atoms with Crippen LogP contribution in [0.15, 0.2) is 59.2 Å². The van der Waals surface area contributed by atoms with Crippen LogP contribution in [-0.4, -0.2) is 45.4 Å². The highest BCUT2D eigenvalue weighted by molar-refractivity contribution is 6.35. The van der Waals surface area contributed by atoms with Crippen molar-refractivity contribution in [2.75, 3.05) is 20.3 Å². The van der Waals surface area contributed by atoms with E-state index < -0.39 is 0 Å². The summed E-state index contributed by atoms with van der Waals surface area (Å²) in [5.41, 5.74) is 2.43. The summed E-state index contributed by atoms with van der Waals surface area (Å²) in [6, 6.07) is 10.3. The number of halogens is 2. The van der Waals surface area contributed by atoms with Gasteiger partial charge in [0.2, 0.25) is 6.21 Å². The van der Waals surface area contributed by atoms with Gasteiger partial charge in [-0.25, -0.2) is 4.98 Å². The average Bonchev–Trinajstić information content (AvgIpc) is 3.23. The van der Waals surface area contributed by atoms with Gasteiger partial charge in [-0.05, 0) is 81.5 Å². The topological polar surface area (TPSA) is 93.6 Å². The number of hydrogen-bond acceptors (Lipinski definition) is 6. The van der Waals surface area contributed by atoms with Crippen LogP contribution in [0.4, 0.5) is 0 Å². The van der Waals surface area contributed by atoms with Gasteiger partial charge in [-0.1, -0.05) is 23.2 Å². The van der Waals surface area contributed by atoms with Crippen molar-refractivity contribution in [3.05, 3.63) is 91.5 Å². The van der Waals surface area contributed by atoms with Crippen LogP contribution in [0.1, 0.15) is 43.6 Å². The summed E-state index contributed by atoms with van der Waals surface area (Å²) >= 11 is 12.4. The van der Waals surface area contributed by atoms with Crippen LogP contribution in [-0.2, 0) is 6.54 Å². The molecule has 1 atom stereocenters. The lowest BCUT2D eigenvalue weighted by atomic mass is 9.92. The second-order valence-electron chi connectivity index (χ2n) is 10.8. The second-order valence-corrected chi connectivity index (χ2v) is 11.6. The Labute approximate surface area is 259 Å². The molecule has 0 saturated carbocycles. The first kappa shape index (κ1) is 29.1. The highest BCUT2D eigenvalue weighted by Crippen LogP contribution is 2.37. The number of aryl methyl sites for hydroxylation is 1. The number of aromatic nitrogens is 3. The molecule has 0 saturated heterocycles. The third-order valence-electron chi connectivity index (χ3n) is 7.91. The third-order valence-corrected chi connectivity index (χ3v) is 8.44. The lowest BCUT2D eigenvalue weighted by Gasteiger charge is -2.20. The Bertz CT molecular complexity index is 1810. The Kier molecular flexibility index (Phi) is 8.36. The maximum atomic E-state index is 13.4.